The molecule has 88 valence electrons. The quantitative estimate of drug-likeness (QED) is 0.697. The molecule has 1 aromatic heterocycles. The first-order valence-electron chi connectivity index (χ1n) is 5.78. The highest BCUT2D eigenvalue weighted by atomic mass is 16.2. The number of aromatic amines is 1. The van der Waals surface area contributed by atoms with E-state index in [1.807, 2.05) is 13.0 Å². The second-order valence-electron chi connectivity index (χ2n) is 4.23. The zero-order valence-electron chi connectivity index (χ0n) is 9.55. The molecule has 0 saturated carbocycles. The second kappa shape index (κ2) is 4.65. The molecule has 0 radical (unpaired) electrons. The Bertz CT molecular complexity index is 341. The summed E-state index contributed by atoms with van der Waals surface area (Å²) in [5.41, 5.74) is 0.581. The number of hydrogen-bond donors (Lipinski definition) is 3. The van der Waals surface area contributed by atoms with Gasteiger partial charge in [-0.2, -0.15) is 5.10 Å². The molecule has 0 spiro atoms. The monoisotopic (exact) mass is 222 g/mol. The largest absolute Gasteiger partial charge is 0.349 e. The van der Waals surface area contributed by atoms with Crippen molar-refractivity contribution in [2.24, 2.45) is 0 Å². The molecule has 5 heteroatoms. The molecular formula is C11H18N4O. The topological polar surface area (TPSA) is 69.8 Å². The predicted molar refractivity (Wildman–Crippen MR) is 60.7 cm³/mol. The van der Waals surface area contributed by atoms with Crippen LogP contribution in [0, 0.1) is 0 Å². The fraction of sp³-hybridized carbons (Fsp3) is 0.636. The van der Waals surface area contributed by atoms with Gasteiger partial charge in [0.05, 0.1) is 17.8 Å². The number of rotatable bonds is 4. The number of aromatic nitrogens is 2. The Kier molecular flexibility index (Phi) is 3.24. The lowest BCUT2D eigenvalue weighted by atomic mass is 9.93. The molecule has 0 aliphatic carbocycles. The van der Waals surface area contributed by atoms with Crippen molar-refractivity contribution in [3.05, 3.63) is 18.0 Å². The van der Waals surface area contributed by atoms with Crippen LogP contribution < -0.4 is 10.6 Å². The molecule has 16 heavy (non-hydrogen) atoms. The first-order valence-corrected chi connectivity index (χ1v) is 5.78. The Morgan fingerprint density at radius 1 is 1.69 bits per heavy atom. The lowest BCUT2D eigenvalue weighted by Gasteiger charge is -2.26. The Labute approximate surface area is 95.0 Å². The normalized spacial score (nSPS) is 24.6. The lowest BCUT2D eigenvalue weighted by molar-refractivity contribution is -0.127. The van der Waals surface area contributed by atoms with E-state index in [1.165, 1.54) is 0 Å². The Morgan fingerprint density at radius 2 is 2.56 bits per heavy atom. The predicted octanol–water partition coefficient (Wildman–Crippen LogP) is 0.558. The molecule has 3 N–H and O–H groups in total. The fourth-order valence-electron chi connectivity index (χ4n) is 2.19. The minimum atomic E-state index is -0.347. The molecule has 0 bridgehead atoms. The van der Waals surface area contributed by atoms with Crippen molar-refractivity contribution in [3.8, 4) is 0 Å². The standard InChI is InChI=1S/C11H18N4O/c1-2-11(5-3-6-13-11)10(16)12-8-9-4-7-14-15-9/h4,7,13H,2-3,5-6,8H2,1H3,(H,12,16)(H,14,15). The van der Waals surface area contributed by atoms with Crippen molar-refractivity contribution in [2.45, 2.75) is 38.3 Å². The van der Waals surface area contributed by atoms with E-state index in [-0.39, 0.29) is 11.4 Å². The average Bonchev–Trinajstić information content (AvgIpc) is 2.97. The molecule has 1 unspecified atom stereocenters. The zero-order chi connectivity index (χ0) is 11.4. The summed E-state index contributed by atoms with van der Waals surface area (Å²) < 4.78 is 0. The van der Waals surface area contributed by atoms with Gasteiger partial charge in [-0.25, -0.2) is 0 Å². The van der Waals surface area contributed by atoms with Crippen LogP contribution in [0.5, 0.6) is 0 Å². The first kappa shape index (κ1) is 11.1. The van der Waals surface area contributed by atoms with Gasteiger partial charge in [-0.05, 0) is 31.9 Å². The van der Waals surface area contributed by atoms with Crippen LogP contribution in [0.2, 0.25) is 0 Å². The van der Waals surface area contributed by atoms with Gasteiger partial charge < -0.3 is 10.6 Å². The van der Waals surface area contributed by atoms with E-state index in [2.05, 4.69) is 20.8 Å². The van der Waals surface area contributed by atoms with Crippen LogP contribution in [0.25, 0.3) is 0 Å². The van der Waals surface area contributed by atoms with Gasteiger partial charge in [0.1, 0.15) is 0 Å². The summed E-state index contributed by atoms with van der Waals surface area (Å²) in [6, 6.07) is 1.86. The average molecular weight is 222 g/mol. The summed E-state index contributed by atoms with van der Waals surface area (Å²) in [7, 11) is 0. The van der Waals surface area contributed by atoms with Gasteiger partial charge in [0.25, 0.3) is 0 Å². The van der Waals surface area contributed by atoms with Crippen LogP contribution in [0.1, 0.15) is 31.9 Å². The van der Waals surface area contributed by atoms with Gasteiger partial charge in [-0.3, -0.25) is 9.89 Å². The van der Waals surface area contributed by atoms with Crippen LogP contribution in [0.4, 0.5) is 0 Å². The van der Waals surface area contributed by atoms with E-state index >= 15 is 0 Å². The van der Waals surface area contributed by atoms with Gasteiger partial charge in [-0.15, -0.1) is 0 Å². The highest BCUT2D eigenvalue weighted by molar-refractivity contribution is 5.86. The molecule has 5 nitrogen and oxygen atoms in total. The molecule has 1 aliphatic rings. The van der Waals surface area contributed by atoms with Crippen LogP contribution >= 0.6 is 0 Å². The van der Waals surface area contributed by atoms with E-state index in [0.29, 0.717) is 6.54 Å². The maximum absolute atomic E-state index is 12.1. The minimum Gasteiger partial charge on any atom is -0.349 e. The Morgan fingerprint density at radius 3 is 3.12 bits per heavy atom. The number of nitrogens with one attached hydrogen (secondary N) is 3. The summed E-state index contributed by atoms with van der Waals surface area (Å²) in [6.45, 7) is 3.50. The number of carbonyl (C=O) groups is 1. The number of H-pyrrole nitrogens is 1. The third kappa shape index (κ3) is 2.09. The summed E-state index contributed by atoms with van der Waals surface area (Å²) in [6.07, 6.45) is 4.52. The van der Waals surface area contributed by atoms with Crippen molar-refractivity contribution in [2.75, 3.05) is 6.54 Å². The van der Waals surface area contributed by atoms with E-state index < -0.39 is 0 Å². The van der Waals surface area contributed by atoms with Gasteiger partial charge in [0.15, 0.2) is 0 Å². The number of amides is 1. The Hall–Kier alpha value is -1.36. The SMILES string of the molecule is CCC1(C(=O)NCc2ccn[nH]2)CCCN1. The fourth-order valence-corrected chi connectivity index (χ4v) is 2.19. The van der Waals surface area contributed by atoms with Gasteiger partial charge >= 0.3 is 0 Å². The molecule has 1 amide bonds. The van der Waals surface area contributed by atoms with Gasteiger partial charge in [0.2, 0.25) is 5.91 Å². The van der Waals surface area contributed by atoms with Crippen molar-refractivity contribution < 1.29 is 4.79 Å². The van der Waals surface area contributed by atoms with Gasteiger partial charge in [-0.1, -0.05) is 6.92 Å². The van der Waals surface area contributed by atoms with Crippen molar-refractivity contribution in [1.82, 2.24) is 20.8 Å². The smallest absolute Gasteiger partial charge is 0.240 e. The molecule has 1 atom stereocenters. The van der Waals surface area contributed by atoms with Crippen LogP contribution in [0.3, 0.4) is 0 Å². The highest BCUT2D eigenvalue weighted by Crippen LogP contribution is 2.23. The first-order chi connectivity index (χ1) is 7.77. The number of carbonyl (C=O) groups excluding carboxylic acids is 1. The molecular weight excluding hydrogens is 204 g/mol. The number of hydrogen-bond acceptors (Lipinski definition) is 3. The molecule has 1 saturated heterocycles. The van der Waals surface area contributed by atoms with E-state index in [9.17, 15) is 4.79 Å². The van der Waals surface area contributed by atoms with E-state index in [1.54, 1.807) is 6.20 Å². The van der Waals surface area contributed by atoms with E-state index in [4.69, 9.17) is 0 Å². The Balaban J connectivity index is 1.91. The van der Waals surface area contributed by atoms with Crippen LogP contribution in [0.15, 0.2) is 12.3 Å². The zero-order valence-corrected chi connectivity index (χ0v) is 9.55. The van der Waals surface area contributed by atoms with Crippen molar-refractivity contribution >= 4 is 5.91 Å². The molecule has 1 fully saturated rings. The van der Waals surface area contributed by atoms with E-state index in [0.717, 1.165) is 31.5 Å². The maximum atomic E-state index is 12.1. The maximum Gasteiger partial charge on any atom is 0.240 e. The summed E-state index contributed by atoms with van der Waals surface area (Å²) in [5, 5.41) is 12.9. The molecule has 1 aliphatic heterocycles. The van der Waals surface area contributed by atoms with Crippen molar-refractivity contribution in [1.29, 1.82) is 0 Å². The summed E-state index contributed by atoms with van der Waals surface area (Å²) >= 11 is 0. The van der Waals surface area contributed by atoms with Crippen LogP contribution in [-0.4, -0.2) is 28.2 Å². The third-order valence-electron chi connectivity index (χ3n) is 3.28. The molecule has 1 aromatic rings. The third-order valence-corrected chi connectivity index (χ3v) is 3.28. The number of nitrogens with zero attached hydrogens (tertiary/aromatic N) is 1. The second-order valence-corrected chi connectivity index (χ2v) is 4.23. The van der Waals surface area contributed by atoms with Gasteiger partial charge in [0, 0.05) is 6.20 Å². The molecule has 2 heterocycles. The summed E-state index contributed by atoms with van der Waals surface area (Å²) in [4.78, 5) is 12.1. The molecule has 0 aromatic carbocycles. The minimum absolute atomic E-state index is 0.0992. The highest BCUT2D eigenvalue weighted by Gasteiger charge is 2.38. The summed E-state index contributed by atoms with van der Waals surface area (Å²) in [5.74, 6) is 0.0992. The lowest BCUT2D eigenvalue weighted by Crippen LogP contribution is -2.52. The van der Waals surface area contributed by atoms with Crippen molar-refractivity contribution in [3.63, 3.8) is 0 Å². The molecule has 2 rings (SSSR count). The van der Waals surface area contributed by atoms with Crippen LogP contribution in [-0.2, 0) is 11.3 Å².